The first-order valence-corrected chi connectivity index (χ1v) is 11.7. The first-order chi connectivity index (χ1) is 15.3. The average Bonchev–Trinajstić information content (AvgIpc) is 3.25. The van der Waals surface area contributed by atoms with E-state index in [1.165, 1.54) is 69.5 Å². The van der Waals surface area contributed by atoms with Crippen molar-refractivity contribution in [3.63, 3.8) is 0 Å². The van der Waals surface area contributed by atoms with Crippen LogP contribution in [-0.2, 0) is 4.74 Å². The van der Waals surface area contributed by atoms with Crippen molar-refractivity contribution in [3.8, 4) is 5.75 Å². The van der Waals surface area contributed by atoms with Crippen LogP contribution in [0.2, 0.25) is 0 Å². The van der Waals surface area contributed by atoms with Crippen LogP contribution in [0.4, 0.5) is 5.69 Å². The van der Waals surface area contributed by atoms with E-state index in [2.05, 4.69) is 50.3 Å². The monoisotopic (exact) mass is 422 g/mol. The van der Waals surface area contributed by atoms with E-state index in [-0.39, 0.29) is 0 Å². The molecule has 0 unspecified atom stereocenters. The maximum atomic E-state index is 6.00. The normalized spacial score (nSPS) is 23.8. The number of piperidine rings is 1. The molecule has 166 valence electrons. The van der Waals surface area contributed by atoms with E-state index < -0.39 is 0 Å². The second-order valence-corrected chi connectivity index (χ2v) is 9.54. The lowest BCUT2D eigenvalue weighted by molar-refractivity contribution is 0.129. The highest BCUT2D eigenvalue weighted by Gasteiger charge is 2.49. The zero-order valence-corrected chi connectivity index (χ0v) is 18.6. The first-order valence-electron chi connectivity index (χ1n) is 11.7. The summed E-state index contributed by atoms with van der Waals surface area (Å²) in [5.74, 6) is 1.64. The third-order valence-corrected chi connectivity index (χ3v) is 7.61. The molecule has 0 bridgehead atoms. The molecular formula is C25H34N4O2. The van der Waals surface area contributed by atoms with Crippen molar-refractivity contribution in [2.24, 2.45) is 5.41 Å². The lowest BCUT2D eigenvalue weighted by Crippen LogP contribution is -2.56. The molecule has 6 nitrogen and oxygen atoms in total. The van der Waals surface area contributed by atoms with E-state index in [4.69, 9.17) is 9.47 Å². The van der Waals surface area contributed by atoms with Crippen LogP contribution in [0, 0.1) is 5.41 Å². The number of methoxy groups -OCH3 is 1. The van der Waals surface area contributed by atoms with E-state index in [0.29, 0.717) is 24.5 Å². The fraction of sp³-hybridized carbons (Fsp3) is 0.600. The van der Waals surface area contributed by atoms with E-state index in [9.17, 15) is 0 Å². The van der Waals surface area contributed by atoms with Crippen LogP contribution in [0.1, 0.15) is 43.6 Å². The van der Waals surface area contributed by atoms with Crippen LogP contribution in [-0.4, -0.2) is 67.6 Å². The SMILES string of the molecule is COCCOc1ccccc1C1CCN([C@@H]2CCC3(C2)CN(c2ccnnc2)C3)CC1. The molecule has 0 N–H and O–H groups in total. The number of para-hydroxylation sites is 1. The number of likely N-dealkylation sites (tertiary alicyclic amines) is 1. The van der Waals surface area contributed by atoms with Gasteiger partial charge in [0, 0.05) is 31.7 Å². The second-order valence-electron chi connectivity index (χ2n) is 9.54. The summed E-state index contributed by atoms with van der Waals surface area (Å²) in [4.78, 5) is 5.24. The van der Waals surface area contributed by atoms with Gasteiger partial charge in [0.05, 0.1) is 24.7 Å². The molecule has 31 heavy (non-hydrogen) atoms. The average molecular weight is 423 g/mol. The van der Waals surface area contributed by atoms with Gasteiger partial charge in [-0.3, -0.25) is 0 Å². The van der Waals surface area contributed by atoms with Crippen LogP contribution in [0.25, 0.3) is 0 Å². The van der Waals surface area contributed by atoms with Gasteiger partial charge in [-0.2, -0.15) is 10.2 Å². The largest absolute Gasteiger partial charge is 0.491 e. The zero-order valence-electron chi connectivity index (χ0n) is 18.6. The molecule has 0 amide bonds. The van der Waals surface area contributed by atoms with Gasteiger partial charge in [0.2, 0.25) is 0 Å². The van der Waals surface area contributed by atoms with E-state index in [1.807, 2.05) is 6.20 Å². The molecule has 1 aliphatic carbocycles. The van der Waals surface area contributed by atoms with Gasteiger partial charge in [0.15, 0.2) is 0 Å². The molecule has 1 saturated carbocycles. The Morgan fingerprint density at radius 1 is 1.03 bits per heavy atom. The van der Waals surface area contributed by atoms with Crippen LogP contribution in [0.3, 0.4) is 0 Å². The van der Waals surface area contributed by atoms with Crippen molar-refractivity contribution in [3.05, 3.63) is 48.3 Å². The molecule has 3 fully saturated rings. The van der Waals surface area contributed by atoms with Crippen molar-refractivity contribution < 1.29 is 9.47 Å². The van der Waals surface area contributed by atoms with Crippen LogP contribution >= 0.6 is 0 Å². The lowest BCUT2D eigenvalue weighted by Gasteiger charge is -2.50. The molecule has 1 spiro atoms. The molecular weight excluding hydrogens is 388 g/mol. The number of ether oxygens (including phenoxy) is 2. The highest BCUT2D eigenvalue weighted by molar-refractivity contribution is 5.47. The van der Waals surface area contributed by atoms with E-state index in [0.717, 1.165) is 11.8 Å². The second kappa shape index (κ2) is 9.13. The molecule has 1 aromatic heterocycles. The fourth-order valence-electron chi connectivity index (χ4n) is 5.95. The van der Waals surface area contributed by atoms with Gasteiger partial charge in [-0.15, -0.1) is 0 Å². The summed E-state index contributed by atoms with van der Waals surface area (Å²) in [5.41, 5.74) is 3.12. The topological polar surface area (TPSA) is 50.7 Å². The lowest BCUT2D eigenvalue weighted by atomic mass is 9.77. The Morgan fingerprint density at radius 2 is 1.87 bits per heavy atom. The Hall–Kier alpha value is -2.18. The van der Waals surface area contributed by atoms with Gasteiger partial charge in [-0.1, -0.05) is 18.2 Å². The summed E-state index contributed by atoms with van der Waals surface area (Å²) in [6.07, 6.45) is 10.2. The van der Waals surface area contributed by atoms with Crippen molar-refractivity contribution in [1.82, 2.24) is 15.1 Å². The molecule has 5 rings (SSSR count). The number of benzene rings is 1. The van der Waals surface area contributed by atoms with E-state index >= 15 is 0 Å². The molecule has 1 aromatic carbocycles. The highest BCUT2D eigenvalue weighted by Crippen LogP contribution is 2.49. The van der Waals surface area contributed by atoms with Gasteiger partial charge in [0.25, 0.3) is 0 Å². The number of nitrogens with zero attached hydrogens (tertiary/aromatic N) is 4. The summed E-state index contributed by atoms with van der Waals surface area (Å²) in [6, 6.07) is 11.4. The molecule has 0 radical (unpaired) electrons. The Kier molecular flexibility index (Phi) is 6.10. The first kappa shape index (κ1) is 20.7. The molecule has 2 saturated heterocycles. The Morgan fingerprint density at radius 3 is 2.65 bits per heavy atom. The fourth-order valence-corrected chi connectivity index (χ4v) is 5.95. The number of hydrogen-bond acceptors (Lipinski definition) is 6. The van der Waals surface area contributed by atoms with Crippen LogP contribution in [0.15, 0.2) is 42.7 Å². The number of hydrogen-bond donors (Lipinski definition) is 0. The summed E-state index contributed by atoms with van der Waals surface area (Å²) in [7, 11) is 1.72. The number of rotatable bonds is 7. The Bertz CT molecular complexity index is 848. The third kappa shape index (κ3) is 4.41. The van der Waals surface area contributed by atoms with Gasteiger partial charge < -0.3 is 19.3 Å². The minimum Gasteiger partial charge on any atom is -0.491 e. The van der Waals surface area contributed by atoms with Crippen molar-refractivity contribution in [2.45, 2.75) is 44.1 Å². The standard InChI is InChI=1S/C25H34N4O2/c1-30-14-15-31-24-5-3-2-4-23(24)20-8-12-28(13-9-20)21-6-10-25(16-21)18-29(19-25)22-7-11-26-27-17-22/h2-5,7,11,17,20-21H,6,8-10,12-16,18-19H2,1H3/t21-/m1/s1. The molecule has 6 heteroatoms. The van der Waals surface area contributed by atoms with Crippen molar-refractivity contribution in [1.29, 1.82) is 0 Å². The summed E-state index contributed by atoms with van der Waals surface area (Å²) < 4.78 is 11.1. The molecule has 2 aromatic rings. The third-order valence-electron chi connectivity index (χ3n) is 7.61. The summed E-state index contributed by atoms with van der Waals surface area (Å²) in [5, 5.41) is 7.94. The summed E-state index contributed by atoms with van der Waals surface area (Å²) >= 11 is 0. The number of aromatic nitrogens is 2. The predicted octanol–water partition coefficient (Wildman–Crippen LogP) is 3.74. The van der Waals surface area contributed by atoms with Gasteiger partial charge in [-0.05, 0) is 68.8 Å². The predicted molar refractivity (Wildman–Crippen MR) is 122 cm³/mol. The van der Waals surface area contributed by atoms with Crippen LogP contribution < -0.4 is 9.64 Å². The van der Waals surface area contributed by atoms with Crippen molar-refractivity contribution in [2.75, 3.05) is 51.4 Å². The minimum absolute atomic E-state index is 0.520. The molecule has 2 aliphatic heterocycles. The van der Waals surface area contributed by atoms with Crippen LogP contribution in [0.5, 0.6) is 5.75 Å². The molecule has 1 atom stereocenters. The summed E-state index contributed by atoms with van der Waals surface area (Å²) in [6.45, 7) is 6.01. The maximum Gasteiger partial charge on any atom is 0.122 e. The highest BCUT2D eigenvalue weighted by atomic mass is 16.5. The smallest absolute Gasteiger partial charge is 0.122 e. The number of anilines is 1. The zero-order chi connectivity index (χ0) is 21.1. The van der Waals surface area contributed by atoms with E-state index in [1.54, 1.807) is 13.3 Å². The Balaban J connectivity index is 1.13. The Labute approximate surface area is 185 Å². The van der Waals surface area contributed by atoms with Gasteiger partial charge >= 0.3 is 0 Å². The van der Waals surface area contributed by atoms with Gasteiger partial charge in [-0.25, -0.2) is 0 Å². The maximum absolute atomic E-state index is 6.00. The molecule has 3 aliphatic rings. The van der Waals surface area contributed by atoms with Gasteiger partial charge in [0.1, 0.15) is 12.4 Å². The van der Waals surface area contributed by atoms with Crippen molar-refractivity contribution >= 4 is 5.69 Å². The molecule has 3 heterocycles. The minimum atomic E-state index is 0.520. The quantitative estimate of drug-likeness (QED) is 0.634.